The largest absolute Gasteiger partial charge is 0.256 e. The number of rotatable bonds is 1. The van der Waals surface area contributed by atoms with E-state index in [2.05, 4.69) is 109 Å². The van der Waals surface area contributed by atoms with Crippen LogP contribution >= 0.6 is 0 Å². The molecule has 0 aliphatic carbocycles. The van der Waals surface area contributed by atoms with Crippen molar-refractivity contribution < 1.29 is 0 Å². The van der Waals surface area contributed by atoms with Crippen LogP contribution in [0, 0.1) is 20.8 Å². The number of fused-ring (bicyclic) bond motifs is 3. The Morgan fingerprint density at radius 1 is 0.595 bits per heavy atom. The van der Waals surface area contributed by atoms with Crippen molar-refractivity contribution in [1.82, 2.24) is 15.0 Å². The van der Waals surface area contributed by atoms with Gasteiger partial charge in [0, 0.05) is 23.5 Å². The lowest BCUT2D eigenvalue weighted by Gasteiger charge is -2.00. The van der Waals surface area contributed by atoms with Crippen molar-refractivity contribution in [3.63, 3.8) is 0 Å². The molecule has 0 spiro atoms. The first kappa shape index (κ1) is 27.5. The summed E-state index contributed by atoms with van der Waals surface area (Å²) in [6, 6.07) is 31.3. The van der Waals surface area contributed by atoms with Gasteiger partial charge in [0.1, 0.15) is 0 Å². The Morgan fingerprint density at radius 2 is 1.30 bits per heavy atom. The number of pyridine rings is 3. The highest BCUT2D eigenvalue weighted by atomic mass is 14.8. The predicted molar refractivity (Wildman–Crippen MR) is 160 cm³/mol. The van der Waals surface area contributed by atoms with E-state index < -0.39 is 0 Å². The highest BCUT2D eigenvalue weighted by Gasteiger charge is 1.99. The first-order valence-corrected chi connectivity index (χ1v) is 13.0. The minimum Gasteiger partial charge on any atom is -0.256 e. The van der Waals surface area contributed by atoms with Crippen molar-refractivity contribution in [1.29, 1.82) is 0 Å². The van der Waals surface area contributed by atoms with Crippen molar-refractivity contribution >= 4 is 32.7 Å². The first-order chi connectivity index (χ1) is 18.0. The van der Waals surface area contributed by atoms with Crippen LogP contribution in [0.25, 0.3) is 32.7 Å². The fourth-order valence-electron chi connectivity index (χ4n) is 4.13. The van der Waals surface area contributed by atoms with Crippen molar-refractivity contribution in [2.75, 3.05) is 0 Å². The molecular formula is C34H37N3. The van der Waals surface area contributed by atoms with Gasteiger partial charge in [0.25, 0.3) is 0 Å². The summed E-state index contributed by atoms with van der Waals surface area (Å²) in [7, 11) is 0. The van der Waals surface area contributed by atoms with Gasteiger partial charge in [0.2, 0.25) is 0 Å². The van der Waals surface area contributed by atoms with Crippen LogP contribution in [0.1, 0.15) is 43.2 Å². The Morgan fingerprint density at radius 3 is 2.08 bits per heavy atom. The minimum absolute atomic E-state index is 0.981. The first-order valence-electron chi connectivity index (χ1n) is 13.0. The zero-order valence-electron chi connectivity index (χ0n) is 22.9. The molecule has 3 heterocycles. The van der Waals surface area contributed by atoms with E-state index in [9.17, 15) is 0 Å². The van der Waals surface area contributed by atoms with Crippen LogP contribution in [0.3, 0.4) is 0 Å². The van der Waals surface area contributed by atoms with Crippen molar-refractivity contribution in [2.45, 2.75) is 48.0 Å². The average molecular weight is 488 g/mol. The summed E-state index contributed by atoms with van der Waals surface area (Å²) < 4.78 is 0. The number of aryl methyl sites for hydroxylation is 4. The van der Waals surface area contributed by atoms with Crippen molar-refractivity contribution in [3.8, 4) is 0 Å². The van der Waals surface area contributed by atoms with E-state index in [4.69, 9.17) is 0 Å². The monoisotopic (exact) mass is 487 g/mol. The summed E-state index contributed by atoms with van der Waals surface area (Å²) in [5.41, 5.74) is 8.03. The molecule has 0 aliphatic heterocycles. The van der Waals surface area contributed by atoms with E-state index in [-0.39, 0.29) is 0 Å². The number of aromatic nitrogens is 3. The molecule has 0 saturated carbocycles. The lowest BCUT2D eigenvalue weighted by molar-refractivity contribution is 1.14. The summed E-state index contributed by atoms with van der Waals surface area (Å²) in [5, 5.41) is 3.92. The maximum Gasteiger partial charge on any atom is 0.0915 e. The van der Waals surface area contributed by atoms with Crippen molar-refractivity contribution in [2.24, 2.45) is 0 Å². The van der Waals surface area contributed by atoms with Gasteiger partial charge in [0.05, 0.1) is 16.6 Å². The van der Waals surface area contributed by atoms with Gasteiger partial charge in [-0.1, -0.05) is 75.4 Å². The Bertz CT molecular complexity index is 1570. The average Bonchev–Trinajstić information content (AvgIpc) is 2.95. The topological polar surface area (TPSA) is 38.7 Å². The molecule has 37 heavy (non-hydrogen) atoms. The molecule has 0 radical (unpaired) electrons. The van der Waals surface area contributed by atoms with Gasteiger partial charge < -0.3 is 0 Å². The molecule has 3 aromatic carbocycles. The van der Waals surface area contributed by atoms with E-state index in [1.54, 1.807) is 6.20 Å². The molecule has 3 heteroatoms. The van der Waals surface area contributed by atoms with Gasteiger partial charge in [-0.05, 0) is 91.1 Å². The molecular weight excluding hydrogens is 450 g/mol. The van der Waals surface area contributed by atoms with E-state index >= 15 is 0 Å². The van der Waals surface area contributed by atoms with Gasteiger partial charge in [-0.15, -0.1) is 0 Å². The third kappa shape index (κ3) is 7.44. The molecule has 6 rings (SSSR count). The molecule has 3 nitrogen and oxygen atoms in total. The third-order valence-electron chi connectivity index (χ3n) is 5.97. The minimum atomic E-state index is 0.981. The van der Waals surface area contributed by atoms with Gasteiger partial charge >= 0.3 is 0 Å². The Balaban J connectivity index is 0.000000149. The van der Waals surface area contributed by atoms with Gasteiger partial charge in [-0.25, -0.2) is 0 Å². The summed E-state index contributed by atoms with van der Waals surface area (Å²) in [4.78, 5) is 12.9. The van der Waals surface area contributed by atoms with Crippen LogP contribution in [-0.4, -0.2) is 15.0 Å². The molecule has 0 unspecified atom stereocenters. The van der Waals surface area contributed by atoms with E-state index in [0.717, 1.165) is 28.7 Å². The fraction of sp³-hybridized carbons (Fsp3) is 0.206. The zero-order valence-corrected chi connectivity index (χ0v) is 22.9. The fourth-order valence-corrected chi connectivity index (χ4v) is 4.13. The molecule has 6 aromatic rings. The van der Waals surface area contributed by atoms with E-state index in [0.29, 0.717) is 0 Å². The summed E-state index contributed by atoms with van der Waals surface area (Å²) >= 11 is 0. The molecule has 0 saturated heterocycles. The lowest BCUT2D eigenvalue weighted by atomic mass is 10.1. The zero-order chi connectivity index (χ0) is 26.6. The van der Waals surface area contributed by atoms with E-state index in [1.165, 1.54) is 32.8 Å². The standard InChI is InChI=1S/C11H11N.C11H10.C10H10N2.C2H6/c1-2-9-5-6-11-10(8-9)4-3-7-12-11;1-9-5-4-7-10-6-2-3-8-11(9)10;1-7-6-8(2)12-9-4-3-5-11-10(7)9;1-2/h3-8H,2H2,1H3;2-8H,1H3;3-6H,1-2H3;1-2H3. The summed E-state index contributed by atoms with van der Waals surface area (Å²) in [6.45, 7) is 12.4. The second-order valence-electron chi connectivity index (χ2n) is 8.63. The van der Waals surface area contributed by atoms with Gasteiger partial charge in [-0.2, -0.15) is 0 Å². The number of hydrogen-bond acceptors (Lipinski definition) is 3. The normalized spacial score (nSPS) is 10.0. The third-order valence-corrected chi connectivity index (χ3v) is 5.97. The highest BCUT2D eigenvalue weighted by Crippen LogP contribution is 2.17. The maximum atomic E-state index is 4.37. The van der Waals surface area contributed by atoms with Gasteiger partial charge in [-0.3, -0.25) is 15.0 Å². The Hall–Kier alpha value is -4.11. The lowest BCUT2D eigenvalue weighted by Crippen LogP contribution is -1.88. The number of hydrogen-bond donors (Lipinski definition) is 0. The van der Waals surface area contributed by atoms with Crippen LogP contribution in [0.2, 0.25) is 0 Å². The molecule has 3 aromatic heterocycles. The highest BCUT2D eigenvalue weighted by molar-refractivity contribution is 5.85. The molecule has 0 N–H and O–H groups in total. The van der Waals surface area contributed by atoms with E-state index in [1.807, 2.05) is 45.2 Å². The predicted octanol–water partition coefficient (Wildman–Crippen LogP) is 9.22. The van der Waals surface area contributed by atoms with Crippen molar-refractivity contribution in [3.05, 3.63) is 126 Å². The molecule has 0 atom stereocenters. The summed E-state index contributed by atoms with van der Waals surface area (Å²) in [5.74, 6) is 0. The Kier molecular flexibility index (Phi) is 10.3. The molecule has 0 bridgehead atoms. The molecule has 0 aliphatic rings. The maximum absolute atomic E-state index is 4.37. The van der Waals surface area contributed by atoms with Crippen LogP contribution < -0.4 is 0 Å². The van der Waals surface area contributed by atoms with Crippen LogP contribution in [0.15, 0.2) is 103 Å². The Labute approximate surface area is 221 Å². The SMILES string of the molecule is CC.CCc1ccc2ncccc2c1.Cc1cc(C)c2ncccc2n1.Cc1cccc2ccccc12. The number of nitrogens with zero attached hydrogens (tertiary/aromatic N) is 3. The van der Waals surface area contributed by atoms with Gasteiger partial charge in [0.15, 0.2) is 0 Å². The molecule has 0 amide bonds. The summed E-state index contributed by atoms with van der Waals surface area (Å²) in [6.07, 6.45) is 4.71. The molecule has 0 fully saturated rings. The second kappa shape index (κ2) is 13.8. The smallest absolute Gasteiger partial charge is 0.0915 e. The molecule has 188 valence electrons. The second-order valence-corrected chi connectivity index (χ2v) is 8.63. The van der Waals surface area contributed by atoms with Crippen LogP contribution in [0.4, 0.5) is 0 Å². The van der Waals surface area contributed by atoms with Crippen LogP contribution in [0.5, 0.6) is 0 Å². The van der Waals surface area contributed by atoms with Crippen LogP contribution in [-0.2, 0) is 6.42 Å². The quantitative estimate of drug-likeness (QED) is 0.232. The number of benzene rings is 3.